The van der Waals surface area contributed by atoms with Crippen molar-refractivity contribution in [1.29, 1.82) is 0 Å². The standard InChI is InChI=1S/C12H19N3S/c1-12(2)5-7-16-9-11(12)13-8-10-4-3-6-14-15-10/h3-4,6,11,13H,5,7-9H2,1-2H3. The minimum absolute atomic E-state index is 0.396. The lowest BCUT2D eigenvalue weighted by molar-refractivity contribution is 0.244. The molecule has 1 fully saturated rings. The molecule has 0 spiro atoms. The van der Waals surface area contributed by atoms with Gasteiger partial charge in [0.1, 0.15) is 0 Å². The smallest absolute Gasteiger partial charge is 0.0769 e. The largest absolute Gasteiger partial charge is 0.307 e. The lowest BCUT2D eigenvalue weighted by Crippen LogP contribution is -2.46. The number of aromatic nitrogens is 2. The second-order valence-corrected chi connectivity index (χ2v) is 6.11. The van der Waals surface area contributed by atoms with Crippen LogP contribution in [-0.4, -0.2) is 27.7 Å². The highest BCUT2D eigenvalue weighted by Crippen LogP contribution is 2.34. The number of nitrogens with one attached hydrogen (secondary N) is 1. The molecule has 2 rings (SSSR count). The van der Waals surface area contributed by atoms with Gasteiger partial charge in [0.25, 0.3) is 0 Å². The summed E-state index contributed by atoms with van der Waals surface area (Å²) in [7, 11) is 0. The second kappa shape index (κ2) is 5.15. The Kier molecular flexibility index (Phi) is 3.82. The number of nitrogens with zero attached hydrogens (tertiary/aromatic N) is 2. The second-order valence-electron chi connectivity index (χ2n) is 4.96. The van der Waals surface area contributed by atoms with Gasteiger partial charge in [0.2, 0.25) is 0 Å². The number of thioether (sulfide) groups is 1. The molecule has 0 aromatic carbocycles. The molecule has 4 heteroatoms. The Hall–Kier alpha value is -0.610. The van der Waals surface area contributed by atoms with E-state index in [0.29, 0.717) is 11.5 Å². The molecule has 0 amide bonds. The molecule has 3 nitrogen and oxygen atoms in total. The lowest BCUT2D eigenvalue weighted by Gasteiger charge is -2.38. The van der Waals surface area contributed by atoms with Crippen LogP contribution in [-0.2, 0) is 6.54 Å². The van der Waals surface area contributed by atoms with Crippen molar-refractivity contribution in [3.63, 3.8) is 0 Å². The van der Waals surface area contributed by atoms with Crippen LogP contribution in [0.5, 0.6) is 0 Å². The van der Waals surface area contributed by atoms with Crippen molar-refractivity contribution in [3.8, 4) is 0 Å². The van der Waals surface area contributed by atoms with Gasteiger partial charge in [-0.05, 0) is 29.7 Å². The minimum atomic E-state index is 0.396. The quantitative estimate of drug-likeness (QED) is 0.873. The van der Waals surface area contributed by atoms with Gasteiger partial charge in [-0.1, -0.05) is 13.8 Å². The van der Waals surface area contributed by atoms with Gasteiger partial charge in [-0.15, -0.1) is 0 Å². The van der Waals surface area contributed by atoms with E-state index in [9.17, 15) is 0 Å². The molecule has 1 aromatic heterocycles. The third-order valence-corrected chi connectivity index (χ3v) is 4.34. The van der Waals surface area contributed by atoms with Crippen molar-refractivity contribution in [2.45, 2.75) is 32.9 Å². The Balaban J connectivity index is 1.90. The first-order valence-corrected chi connectivity index (χ1v) is 6.92. The number of rotatable bonds is 3. The van der Waals surface area contributed by atoms with Gasteiger partial charge in [0.05, 0.1) is 5.69 Å². The van der Waals surface area contributed by atoms with Crippen molar-refractivity contribution in [2.75, 3.05) is 11.5 Å². The van der Waals surface area contributed by atoms with E-state index in [2.05, 4.69) is 29.4 Å². The summed E-state index contributed by atoms with van der Waals surface area (Å²) in [5, 5.41) is 11.6. The Morgan fingerprint density at radius 1 is 1.56 bits per heavy atom. The summed E-state index contributed by atoms with van der Waals surface area (Å²) in [6.07, 6.45) is 3.00. The molecule has 1 aliphatic rings. The van der Waals surface area contributed by atoms with Gasteiger partial charge in [-0.25, -0.2) is 0 Å². The third kappa shape index (κ3) is 2.95. The van der Waals surface area contributed by atoms with Gasteiger partial charge in [-0.2, -0.15) is 22.0 Å². The Labute approximate surface area is 101 Å². The zero-order valence-electron chi connectivity index (χ0n) is 9.94. The summed E-state index contributed by atoms with van der Waals surface area (Å²) < 4.78 is 0. The van der Waals surface area contributed by atoms with Crippen LogP contribution >= 0.6 is 11.8 Å². The normalized spacial score (nSPS) is 24.2. The van der Waals surface area contributed by atoms with E-state index in [4.69, 9.17) is 0 Å². The molecular formula is C12H19N3S. The minimum Gasteiger partial charge on any atom is -0.307 e. The molecule has 1 atom stereocenters. The Morgan fingerprint density at radius 3 is 3.12 bits per heavy atom. The van der Waals surface area contributed by atoms with Crippen LogP contribution in [0.1, 0.15) is 26.0 Å². The molecule has 1 aromatic rings. The first kappa shape index (κ1) is 11.9. The van der Waals surface area contributed by atoms with E-state index in [1.165, 1.54) is 17.9 Å². The fourth-order valence-electron chi connectivity index (χ4n) is 1.93. The lowest BCUT2D eigenvalue weighted by atomic mass is 9.82. The fourth-order valence-corrected chi connectivity index (χ4v) is 3.57. The van der Waals surface area contributed by atoms with Crippen LogP contribution in [0.3, 0.4) is 0 Å². The molecule has 1 aliphatic heterocycles. The van der Waals surface area contributed by atoms with Crippen molar-refractivity contribution >= 4 is 11.8 Å². The van der Waals surface area contributed by atoms with Gasteiger partial charge in [0.15, 0.2) is 0 Å². The highest BCUT2D eigenvalue weighted by atomic mass is 32.2. The van der Waals surface area contributed by atoms with E-state index in [-0.39, 0.29) is 0 Å². The van der Waals surface area contributed by atoms with Crippen molar-refractivity contribution < 1.29 is 0 Å². The monoisotopic (exact) mass is 237 g/mol. The predicted molar refractivity (Wildman–Crippen MR) is 68.4 cm³/mol. The van der Waals surface area contributed by atoms with Crippen LogP contribution in [0.4, 0.5) is 0 Å². The van der Waals surface area contributed by atoms with Crippen molar-refractivity contribution in [1.82, 2.24) is 15.5 Å². The molecule has 0 radical (unpaired) electrons. The molecular weight excluding hydrogens is 218 g/mol. The average Bonchev–Trinajstić information content (AvgIpc) is 2.28. The summed E-state index contributed by atoms with van der Waals surface area (Å²) >= 11 is 2.04. The first-order chi connectivity index (χ1) is 7.68. The summed E-state index contributed by atoms with van der Waals surface area (Å²) in [6.45, 7) is 5.52. The molecule has 1 N–H and O–H groups in total. The maximum Gasteiger partial charge on any atom is 0.0769 e. The topological polar surface area (TPSA) is 37.8 Å². The van der Waals surface area contributed by atoms with Gasteiger partial charge in [0, 0.05) is 24.5 Å². The maximum absolute atomic E-state index is 4.09. The molecule has 16 heavy (non-hydrogen) atoms. The van der Waals surface area contributed by atoms with E-state index in [1.807, 2.05) is 23.9 Å². The summed E-state index contributed by atoms with van der Waals surface area (Å²) in [5.41, 5.74) is 1.42. The van der Waals surface area contributed by atoms with Gasteiger partial charge in [-0.3, -0.25) is 0 Å². The molecule has 88 valence electrons. The van der Waals surface area contributed by atoms with E-state index in [1.54, 1.807) is 6.20 Å². The molecule has 0 bridgehead atoms. The maximum atomic E-state index is 4.09. The Morgan fingerprint density at radius 2 is 2.44 bits per heavy atom. The van der Waals surface area contributed by atoms with Crippen molar-refractivity contribution in [3.05, 3.63) is 24.0 Å². The molecule has 1 unspecified atom stereocenters. The van der Waals surface area contributed by atoms with Crippen LogP contribution in [0.15, 0.2) is 18.3 Å². The molecule has 0 aliphatic carbocycles. The molecule has 0 saturated carbocycles. The SMILES string of the molecule is CC1(C)CCSCC1NCc1cccnn1. The number of hydrogen-bond acceptors (Lipinski definition) is 4. The van der Waals surface area contributed by atoms with Crippen LogP contribution in [0, 0.1) is 5.41 Å². The summed E-state index contributed by atoms with van der Waals surface area (Å²) in [4.78, 5) is 0. The third-order valence-electron chi connectivity index (χ3n) is 3.28. The van der Waals surface area contributed by atoms with Gasteiger partial charge < -0.3 is 5.32 Å². The van der Waals surface area contributed by atoms with E-state index < -0.39 is 0 Å². The highest BCUT2D eigenvalue weighted by molar-refractivity contribution is 7.99. The molecule has 1 saturated heterocycles. The molecule has 2 heterocycles. The van der Waals surface area contributed by atoms with E-state index >= 15 is 0 Å². The highest BCUT2D eigenvalue weighted by Gasteiger charge is 2.31. The zero-order chi connectivity index (χ0) is 11.4. The summed E-state index contributed by atoms with van der Waals surface area (Å²) in [6, 6.07) is 4.53. The van der Waals surface area contributed by atoms with Crippen LogP contribution < -0.4 is 5.32 Å². The summed E-state index contributed by atoms with van der Waals surface area (Å²) in [5.74, 6) is 2.49. The van der Waals surface area contributed by atoms with Crippen LogP contribution in [0.25, 0.3) is 0 Å². The Bertz CT molecular complexity index is 326. The van der Waals surface area contributed by atoms with Crippen LogP contribution in [0.2, 0.25) is 0 Å². The zero-order valence-corrected chi connectivity index (χ0v) is 10.8. The first-order valence-electron chi connectivity index (χ1n) is 5.76. The van der Waals surface area contributed by atoms with Gasteiger partial charge >= 0.3 is 0 Å². The number of hydrogen-bond donors (Lipinski definition) is 1. The average molecular weight is 237 g/mol. The van der Waals surface area contributed by atoms with E-state index in [0.717, 1.165) is 12.2 Å². The van der Waals surface area contributed by atoms with Crippen molar-refractivity contribution in [2.24, 2.45) is 5.41 Å². The predicted octanol–water partition coefficient (Wildman–Crippen LogP) is 2.10. The fraction of sp³-hybridized carbons (Fsp3) is 0.667.